The highest BCUT2D eigenvalue weighted by atomic mass is 19.2. The van der Waals surface area contributed by atoms with Gasteiger partial charge in [-0.15, -0.1) is 0 Å². The fourth-order valence-corrected chi connectivity index (χ4v) is 3.00. The van der Waals surface area contributed by atoms with Crippen LogP contribution in [0.1, 0.15) is 18.3 Å². The molecule has 2 heterocycles. The molecule has 0 saturated carbocycles. The van der Waals surface area contributed by atoms with Crippen LogP contribution < -0.4 is 0 Å². The molecule has 1 aromatic carbocycles. The molecule has 0 unspecified atom stereocenters. The highest BCUT2D eigenvalue weighted by Gasteiger charge is 2.20. The molecule has 1 aliphatic heterocycles. The molecule has 1 saturated heterocycles. The number of aryl methyl sites for hydroxylation is 1. The van der Waals surface area contributed by atoms with Crippen LogP contribution in [0.15, 0.2) is 30.6 Å². The van der Waals surface area contributed by atoms with Crippen LogP contribution in [0.3, 0.4) is 0 Å². The summed E-state index contributed by atoms with van der Waals surface area (Å²) in [6.07, 6.45) is 3.83. The first-order valence-electron chi connectivity index (χ1n) is 8.05. The molecule has 2 aromatic rings. The number of imidazole rings is 1. The quantitative estimate of drug-likeness (QED) is 0.846. The van der Waals surface area contributed by atoms with Crippen molar-refractivity contribution in [2.75, 3.05) is 26.2 Å². The lowest BCUT2D eigenvalue weighted by molar-refractivity contribution is 0.118. The van der Waals surface area contributed by atoms with Gasteiger partial charge < -0.3 is 4.57 Å². The summed E-state index contributed by atoms with van der Waals surface area (Å²) in [5.74, 6) is -0.412. The third-order valence-electron chi connectivity index (χ3n) is 4.40. The number of benzene rings is 1. The lowest BCUT2D eigenvalue weighted by Crippen LogP contribution is -2.45. The average Bonchev–Trinajstić information content (AvgIpc) is 3.01. The number of hydrogen-bond acceptors (Lipinski definition) is 3. The zero-order valence-corrected chi connectivity index (χ0v) is 13.4. The number of halogens is 2. The van der Waals surface area contributed by atoms with E-state index < -0.39 is 11.6 Å². The van der Waals surface area contributed by atoms with E-state index >= 15 is 0 Å². The molecule has 0 aliphatic carbocycles. The first-order chi connectivity index (χ1) is 11.2. The summed E-state index contributed by atoms with van der Waals surface area (Å²) in [4.78, 5) is 8.93. The Hall–Kier alpha value is -1.79. The van der Waals surface area contributed by atoms with E-state index in [1.165, 1.54) is 0 Å². The lowest BCUT2D eigenvalue weighted by Gasteiger charge is -2.34. The molecule has 0 N–H and O–H groups in total. The molecule has 0 amide bonds. The highest BCUT2D eigenvalue weighted by Crippen LogP contribution is 2.15. The lowest BCUT2D eigenvalue weighted by atomic mass is 10.1. The van der Waals surface area contributed by atoms with Crippen LogP contribution in [0.25, 0.3) is 0 Å². The van der Waals surface area contributed by atoms with Crippen molar-refractivity contribution in [2.24, 2.45) is 0 Å². The van der Waals surface area contributed by atoms with Gasteiger partial charge in [0.05, 0.1) is 6.54 Å². The minimum Gasteiger partial charge on any atom is -0.334 e. The van der Waals surface area contributed by atoms with Gasteiger partial charge in [0, 0.05) is 57.2 Å². The first kappa shape index (κ1) is 16.1. The van der Waals surface area contributed by atoms with E-state index in [4.69, 9.17) is 0 Å². The molecule has 0 spiro atoms. The smallest absolute Gasteiger partial charge is 0.163 e. The van der Waals surface area contributed by atoms with E-state index in [0.717, 1.165) is 51.2 Å². The molecule has 6 heteroatoms. The minimum absolute atomic E-state index is 0.431. The van der Waals surface area contributed by atoms with Gasteiger partial charge in [-0.3, -0.25) is 9.80 Å². The van der Waals surface area contributed by atoms with Gasteiger partial charge in [-0.2, -0.15) is 0 Å². The monoisotopic (exact) mass is 320 g/mol. The van der Waals surface area contributed by atoms with Crippen molar-refractivity contribution in [1.29, 1.82) is 0 Å². The van der Waals surface area contributed by atoms with Crippen molar-refractivity contribution < 1.29 is 8.78 Å². The number of hydrogen-bond donors (Lipinski definition) is 0. The summed E-state index contributed by atoms with van der Waals surface area (Å²) in [5.41, 5.74) is 0.431. The Morgan fingerprint density at radius 1 is 1.04 bits per heavy atom. The van der Waals surface area contributed by atoms with Gasteiger partial charge in [0.25, 0.3) is 0 Å². The standard InChI is InChI=1S/C17H22F2N4/c1-2-23-7-6-20-16(23)13-22-10-8-21(9-11-22)12-14-4-3-5-15(18)17(14)19/h3-7H,2,8-13H2,1H3. The first-order valence-corrected chi connectivity index (χ1v) is 8.05. The van der Waals surface area contributed by atoms with Gasteiger partial charge in [0.1, 0.15) is 5.82 Å². The Labute approximate surface area is 135 Å². The predicted octanol–water partition coefficient (Wildman–Crippen LogP) is 2.50. The van der Waals surface area contributed by atoms with Gasteiger partial charge in [-0.05, 0) is 13.0 Å². The Balaban J connectivity index is 1.53. The minimum atomic E-state index is -0.771. The largest absolute Gasteiger partial charge is 0.334 e. The van der Waals surface area contributed by atoms with Gasteiger partial charge in [0.15, 0.2) is 11.6 Å². The topological polar surface area (TPSA) is 24.3 Å². The fourth-order valence-electron chi connectivity index (χ4n) is 3.00. The van der Waals surface area contributed by atoms with Crippen molar-refractivity contribution in [3.8, 4) is 0 Å². The Kier molecular flexibility index (Phi) is 5.03. The van der Waals surface area contributed by atoms with Crippen molar-refractivity contribution >= 4 is 0 Å². The van der Waals surface area contributed by atoms with Crippen molar-refractivity contribution in [2.45, 2.75) is 26.6 Å². The number of rotatable bonds is 5. The summed E-state index contributed by atoms with van der Waals surface area (Å²) in [6, 6.07) is 4.38. The fraction of sp³-hybridized carbons (Fsp3) is 0.471. The maximum absolute atomic E-state index is 13.7. The van der Waals surface area contributed by atoms with Crippen LogP contribution >= 0.6 is 0 Å². The van der Waals surface area contributed by atoms with Crippen LogP contribution in [0, 0.1) is 11.6 Å². The molecule has 1 aromatic heterocycles. The van der Waals surface area contributed by atoms with E-state index in [2.05, 4.69) is 26.3 Å². The van der Waals surface area contributed by atoms with Gasteiger partial charge in [0.2, 0.25) is 0 Å². The molecule has 0 atom stereocenters. The van der Waals surface area contributed by atoms with E-state index in [-0.39, 0.29) is 0 Å². The second-order valence-electron chi connectivity index (χ2n) is 5.89. The van der Waals surface area contributed by atoms with Gasteiger partial charge >= 0.3 is 0 Å². The summed E-state index contributed by atoms with van der Waals surface area (Å²) >= 11 is 0. The van der Waals surface area contributed by atoms with Crippen molar-refractivity contribution in [3.63, 3.8) is 0 Å². The van der Waals surface area contributed by atoms with Gasteiger partial charge in [-0.25, -0.2) is 13.8 Å². The van der Waals surface area contributed by atoms with E-state index in [0.29, 0.717) is 12.1 Å². The van der Waals surface area contributed by atoms with Crippen LogP contribution in [0.4, 0.5) is 8.78 Å². The van der Waals surface area contributed by atoms with Gasteiger partial charge in [-0.1, -0.05) is 12.1 Å². The van der Waals surface area contributed by atoms with E-state index in [9.17, 15) is 8.78 Å². The second kappa shape index (κ2) is 7.19. The number of nitrogens with zero attached hydrogens (tertiary/aromatic N) is 4. The normalized spacial score (nSPS) is 16.8. The zero-order chi connectivity index (χ0) is 16.2. The maximum Gasteiger partial charge on any atom is 0.163 e. The molecule has 124 valence electrons. The van der Waals surface area contributed by atoms with Crippen LogP contribution in [-0.2, 0) is 19.6 Å². The third-order valence-corrected chi connectivity index (χ3v) is 4.40. The number of aromatic nitrogens is 2. The molecule has 3 rings (SSSR count). The van der Waals surface area contributed by atoms with Crippen molar-refractivity contribution in [1.82, 2.24) is 19.4 Å². The molecule has 1 aliphatic rings. The molecule has 4 nitrogen and oxygen atoms in total. The van der Waals surface area contributed by atoms with E-state index in [1.54, 1.807) is 12.1 Å². The third kappa shape index (κ3) is 3.76. The predicted molar refractivity (Wildman–Crippen MR) is 84.8 cm³/mol. The van der Waals surface area contributed by atoms with Crippen LogP contribution in [0.2, 0.25) is 0 Å². The SMILES string of the molecule is CCn1ccnc1CN1CCN(Cc2cccc(F)c2F)CC1. The second-order valence-corrected chi connectivity index (χ2v) is 5.89. The average molecular weight is 320 g/mol. The Bertz CT molecular complexity index is 648. The van der Waals surface area contributed by atoms with Crippen LogP contribution in [-0.4, -0.2) is 45.5 Å². The molecule has 0 bridgehead atoms. The Morgan fingerprint density at radius 2 is 1.74 bits per heavy atom. The summed E-state index contributed by atoms with van der Waals surface area (Å²) in [6.45, 7) is 7.85. The zero-order valence-electron chi connectivity index (χ0n) is 13.4. The number of piperazine rings is 1. The molecular formula is C17H22F2N4. The summed E-state index contributed by atoms with van der Waals surface area (Å²) in [5, 5.41) is 0. The Morgan fingerprint density at radius 3 is 2.43 bits per heavy atom. The molecule has 1 fully saturated rings. The summed E-state index contributed by atoms with van der Waals surface area (Å²) in [7, 11) is 0. The van der Waals surface area contributed by atoms with Crippen molar-refractivity contribution in [3.05, 3.63) is 53.6 Å². The molecule has 0 radical (unpaired) electrons. The van der Waals surface area contributed by atoms with Crippen LogP contribution in [0.5, 0.6) is 0 Å². The molecule has 23 heavy (non-hydrogen) atoms. The highest BCUT2D eigenvalue weighted by molar-refractivity contribution is 5.18. The maximum atomic E-state index is 13.7. The van der Waals surface area contributed by atoms with E-state index in [1.807, 2.05) is 12.4 Å². The summed E-state index contributed by atoms with van der Waals surface area (Å²) < 4.78 is 29.2. The molecular weight excluding hydrogens is 298 g/mol.